The van der Waals surface area contributed by atoms with Crippen LogP contribution in [0.5, 0.6) is 0 Å². The Morgan fingerprint density at radius 3 is 2.52 bits per heavy atom. The monoisotopic (exact) mass is 343 g/mol. The summed E-state index contributed by atoms with van der Waals surface area (Å²) in [6, 6.07) is 10.2. The van der Waals surface area contributed by atoms with E-state index in [0.717, 1.165) is 50.1 Å². The van der Waals surface area contributed by atoms with Crippen LogP contribution < -0.4 is 5.32 Å². The summed E-state index contributed by atoms with van der Waals surface area (Å²) in [7, 11) is 0. The van der Waals surface area contributed by atoms with Crippen molar-refractivity contribution < 1.29 is 9.84 Å². The van der Waals surface area contributed by atoms with E-state index >= 15 is 0 Å². The molecule has 2 N–H and O–H groups in total. The zero-order valence-electron chi connectivity index (χ0n) is 15.8. The largest absolute Gasteiger partial charge is 0.495 e. The molecule has 2 fully saturated rings. The van der Waals surface area contributed by atoms with E-state index in [4.69, 9.17) is 4.74 Å². The molecule has 1 saturated carbocycles. The lowest BCUT2D eigenvalue weighted by molar-refractivity contribution is -0.0873. The summed E-state index contributed by atoms with van der Waals surface area (Å²) in [6.45, 7) is 6.86. The minimum atomic E-state index is -0.898. The number of nitrogens with one attached hydrogen (secondary N) is 1. The normalized spacial score (nSPS) is 26.3. The molecule has 3 unspecified atom stereocenters. The maximum Gasteiger partial charge on any atom is 0.126 e. The highest BCUT2D eigenvalue weighted by Crippen LogP contribution is 2.44. The molecule has 3 nitrogen and oxygen atoms in total. The second-order valence-electron chi connectivity index (χ2n) is 7.72. The average molecular weight is 344 g/mol. The third-order valence-corrected chi connectivity index (χ3v) is 6.14. The van der Waals surface area contributed by atoms with Gasteiger partial charge in [-0.2, -0.15) is 0 Å². The van der Waals surface area contributed by atoms with Gasteiger partial charge in [0.1, 0.15) is 12.2 Å². The van der Waals surface area contributed by atoms with Gasteiger partial charge in [-0.15, -0.1) is 0 Å². The quantitative estimate of drug-likeness (QED) is 0.754. The van der Waals surface area contributed by atoms with Gasteiger partial charge in [0.2, 0.25) is 0 Å². The number of aliphatic hydroxyl groups is 1. The molecule has 1 aliphatic carbocycles. The van der Waals surface area contributed by atoms with Crippen LogP contribution in [0.15, 0.2) is 41.7 Å². The van der Waals surface area contributed by atoms with Gasteiger partial charge in [0.25, 0.3) is 0 Å². The number of piperidine rings is 1. The molecule has 1 aromatic carbocycles. The molecule has 3 rings (SSSR count). The van der Waals surface area contributed by atoms with Crippen molar-refractivity contribution in [3.63, 3.8) is 0 Å². The number of allylic oxidation sites excluding steroid dienone is 1. The van der Waals surface area contributed by atoms with E-state index in [1.165, 1.54) is 18.4 Å². The molecule has 2 aliphatic rings. The molecular weight excluding hydrogens is 310 g/mol. The van der Waals surface area contributed by atoms with Crippen molar-refractivity contribution in [2.75, 3.05) is 19.7 Å². The van der Waals surface area contributed by atoms with Gasteiger partial charge in [0.05, 0.1) is 5.76 Å². The van der Waals surface area contributed by atoms with Crippen LogP contribution in [0, 0.1) is 11.8 Å². The Kier molecular flexibility index (Phi) is 6.19. The van der Waals surface area contributed by atoms with Gasteiger partial charge in [0.15, 0.2) is 0 Å². The number of hydrogen-bond acceptors (Lipinski definition) is 3. The minimum absolute atomic E-state index is 0.269. The summed E-state index contributed by atoms with van der Waals surface area (Å²) in [5.74, 6) is 1.90. The van der Waals surface area contributed by atoms with Crippen LogP contribution in [0.2, 0.25) is 0 Å². The van der Waals surface area contributed by atoms with Gasteiger partial charge in [-0.25, -0.2) is 0 Å². The smallest absolute Gasteiger partial charge is 0.126 e. The minimum Gasteiger partial charge on any atom is -0.495 e. The first-order chi connectivity index (χ1) is 12.1. The molecule has 0 amide bonds. The molecule has 1 saturated heterocycles. The Bertz CT molecular complexity index is 575. The van der Waals surface area contributed by atoms with Crippen LogP contribution in [-0.2, 0) is 10.3 Å². The predicted molar refractivity (Wildman–Crippen MR) is 102 cm³/mol. The molecule has 1 heterocycles. The summed E-state index contributed by atoms with van der Waals surface area (Å²) >= 11 is 0. The standard InChI is InChI=1S/C22H33NO2/c1-3-21(18-12-14-23-15-13-18)25-16-22(24,19-9-5-4-6-10-19)20-11-7-8-17(20)2/h4-6,9-10,17,20,23-24H,3,7-8,11-16H2,1-2H3. The summed E-state index contributed by atoms with van der Waals surface area (Å²) in [5.41, 5.74) is 1.53. The summed E-state index contributed by atoms with van der Waals surface area (Å²) < 4.78 is 6.31. The van der Waals surface area contributed by atoms with Crippen molar-refractivity contribution in [3.8, 4) is 0 Å². The summed E-state index contributed by atoms with van der Waals surface area (Å²) in [4.78, 5) is 0. The SMILES string of the molecule is CCC(OCC(O)(c1ccccc1)C1CCCC1C)=C1CCNCC1. The van der Waals surface area contributed by atoms with Gasteiger partial charge in [0, 0.05) is 6.42 Å². The van der Waals surface area contributed by atoms with Gasteiger partial charge >= 0.3 is 0 Å². The highest BCUT2D eigenvalue weighted by molar-refractivity contribution is 5.24. The molecule has 3 atom stereocenters. The lowest BCUT2D eigenvalue weighted by Crippen LogP contribution is -2.41. The van der Waals surface area contributed by atoms with E-state index in [1.54, 1.807) is 0 Å². The van der Waals surface area contributed by atoms with Crippen LogP contribution in [0.25, 0.3) is 0 Å². The summed E-state index contributed by atoms with van der Waals surface area (Å²) in [5, 5.41) is 15.1. The first-order valence-corrected chi connectivity index (χ1v) is 9.97. The van der Waals surface area contributed by atoms with E-state index in [0.29, 0.717) is 12.5 Å². The Balaban J connectivity index is 1.82. The van der Waals surface area contributed by atoms with Crippen molar-refractivity contribution in [3.05, 3.63) is 47.2 Å². The lowest BCUT2D eigenvalue weighted by Gasteiger charge is -2.37. The van der Waals surface area contributed by atoms with E-state index in [2.05, 4.69) is 31.3 Å². The number of ether oxygens (including phenoxy) is 1. The fourth-order valence-corrected chi connectivity index (χ4v) is 4.64. The lowest BCUT2D eigenvalue weighted by atomic mass is 9.76. The van der Waals surface area contributed by atoms with Crippen LogP contribution in [0.3, 0.4) is 0 Å². The van der Waals surface area contributed by atoms with E-state index in [1.807, 2.05) is 18.2 Å². The molecule has 0 spiro atoms. The highest BCUT2D eigenvalue weighted by atomic mass is 16.5. The molecule has 25 heavy (non-hydrogen) atoms. The van der Waals surface area contributed by atoms with E-state index < -0.39 is 5.60 Å². The molecule has 1 aromatic rings. The van der Waals surface area contributed by atoms with E-state index in [-0.39, 0.29) is 5.92 Å². The maximum atomic E-state index is 11.7. The van der Waals surface area contributed by atoms with Gasteiger partial charge in [-0.05, 0) is 55.3 Å². The number of benzene rings is 1. The Hall–Kier alpha value is -1.32. The maximum absolute atomic E-state index is 11.7. The molecule has 1 aliphatic heterocycles. The zero-order valence-corrected chi connectivity index (χ0v) is 15.8. The second-order valence-corrected chi connectivity index (χ2v) is 7.72. The average Bonchev–Trinajstić information content (AvgIpc) is 3.10. The van der Waals surface area contributed by atoms with Crippen molar-refractivity contribution in [2.24, 2.45) is 11.8 Å². The fourth-order valence-electron chi connectivity index (χ4n) is 4.64. The van der Waals surface area contributed by atoms with Crippen molar-refractivity contribution in [1.29, 1.82) is 0 Å². The molecule has 0 aromatic heterocycles. The van der Waals surface area contributed by atoms with Gasteiger partial charge < -0.3 is 15.2 Å². The molecule has 0 bridgehead atoms. The highest BCUT2D eigenvalue weighted by Gasteiger charge is 2.44. The van der Waals surface area contributed by atoms with Crippen LogP contribution in [-0.4, -0.2) is 24.8 Å². The number of hydrogen-bond donors (Lipinski definition) is 2. The first kappa shape index (κ1) is 18.5. The van der Waals surface area contributed by atoms with Crippen molar-refractivity contribution in [1.82, 2.24) is 5.32 Å². The number of rotatable bonds is 6. The first-order valence-electron chi connectivity index (χ1n) is 9.97. The third-order valence-electron chi connectivity index (χ3n) is 6.14. The predicted octanol–water partition coefficient (Wildman–Crippen LogP) is 4.37. The third kappa shape index (κ3) is 4.09. The molecular formula is C22H33NO2. The Morgan fingerprint density at radius 1 is 1.20 bits per heavy atom. The topological polar surface area (TPSA) is 41.5 Å². The molecule has 3 heteroatoms. The summed E-state index contributed by atoms with van der Waals surface area (Å²) in [6.07, 6.45) is 6.51. The fraction of sp³-hybridized carbons (Fsp3) is 0.636. The van der Waals surface area contributed by atoms with Gasteiger partial charge in [-0.1, -0.05) is 57.0 Å². The van der Waals surface area contributed by atoms with Gasteiger partial charge in [-0.3, -0.25) is 0 Å². The van der Waals surface area contributed by atoms with Crippen LogP contribution in [0.4, 0.5) is 0 Å². The zero-order chi connectivity index (χ0) is 17.7. The van der Waals surface area contributed by atoms with Crippen LogP contribution >= 0.6 is 0 Å². The second kappa shape index (κ2) is 8.37. The van der Waals surface area contributed by atoms with Crippen molar-refractivity contribution in [2.45, 2.75) is 58.0 Å². The molecule has 0 radical (unpaired) electrons. The molecule has 138 valence electrons. The van der Waals surface area contributed by atoms with Crippen molar-refractivity contribution >= 4 is 0 Å². The Morgan fingerprint density at radius 2 is 1.92 bits per heavy atom. The van der Waals surface area contributed by atoms with Crippen LogP contribution in [0.1, 0.15) is 57.9 Å². The Labute approximate surface area is 152 Å². The van der Waals surface area contributed by atoms with E-state index in [9.17, 15) is 5.11 Å².